The molecular weight excluding hydrogens is 308 g/mol. The highest BCUT2D eigenvalue weighted by Gasteiger charge is 2.17. The summed E-state index contributed by atoms with van der Waals surface area (Å²) in [5.74, 6) is 0.487. The number of rotatable bonds is 3. The fraction of sp³-hybridized carbons (Fsp3) is 0. The van der Waals surface area contributed by atoms with Gasteiger partial charge in [0.15, 0.2) is 0 Å². The predicted molar refractivity (Wildman–Crippen MR) is 90.7 cm³/mol. The molecule has 4 aromatic heterocycles. The molecule has 1 amide bonds. The molecule has 4 rings (SSSR count). The van der Waals surface area contributed by atoms with Crippen LogP contribution in [-0.2, 0) is 0 Å². The highest BCUT2D eigenvalue weighted by Crippen LogP contribution is 2.32. The second kappa shape index (κ2) is 5.66. The lowest BCUT2D eigenvalue weighted by molar-refractivity contribution is 0.102. The first-order valence-corrected chi connectivity index (χ1v) is 7.93. The number of nitrogens with one attached hydrogen (secondary N) is 1. The summed E-state index contributed by atoms with van der Waals surface area (Å²) in [5.41, 5.74) is 2.12. The average molecular weight is 320 g/mol. The third kappa shape index (κ3) is 2.49. The Balaban J connectivity index is 1.82. The van der Waals surface area contributed by atoms with Crippen molar-refractivity contribution in [3.05, 3.63) is 72.0 Å². The summed E-state index contributed by atoms with van der Waals surface area (Å²) >= 11 is 1.59. The van der Waals surface area contributed by atoms with Gasteiger partial charge in [-0.3, -0.25) is 14.2 Å². The van der Waals surface area contributed by atoms with E-state index in [4.69, 9.17) is 0 Å². The zero-order chi connectivity index (χ0) is 15.6. The molecule has 0 fully saturated rings. The van der Waals surface area contributed by atoms with Crippen molar-refractivity contribution >= 4 is 28.7 Å². The van der Waals surface area contributed by atoms with Crippen LogP contribution in [0.15, 0.2) is 66.4 Å². The van der Waals surface area contributed by atoms with Crippen LogP contribution < -0.4 is 5.32 Å². The minimum atomic E-state index is -0.184. The SMILES string of the molecule is O=C(Nc1c(-c2cccs2)nc2ccccn12)c1ccncc1. The summed E-state index contributed by atoms with van der Waals surface area (Å²) in [6.07, 6.45) is 5.09. The molecule has 0 aliphatic heterocycles. The topological polar surface area (TPSA) is 59.3 Å². The van der Waals surface area contributed by atoms with Crippen molar-refractivity contribution in [1.82, 2.24) is 14.4 Å². The van der Waals surface area contributed by atoms with Gasteiger partial charge >= 0.3 is 0 Å². The molecule has 6 heteroatoms. The number of pyridine rings is 2. The number of carbonyl (C=O) groups is 1. The molecule has 0 spiro atoms. The van der Waals surface area contributed by atoms with Crippen molar-refractivity contribution in [2.24, 2.45) is 0 Å². The quantitative estimate of drug-likeness (QED) is 0.626. The van der Waals surface area contributed by atoms with E-state index in [0.29, 0.717) is 11.4 Å². The van der Waals surface area contributed by atoms with Gasteiger partial charge in [-0.1, -0.05) is 12.1 Å². The third-order valence-corrected chi connectivity index (χ3v) is 4.34. The van der Waals surface area contributed by atoms with Gasteiger partial charge in [-0.05, 0) is 35.7 Å². The number of thiophene rings is 1. The number of hydrogen-bond donors (Lipinski definition) is 1. The first-order valence-electron chi connectivity index (χ1n) is 7.05. The summed E-state index contributed by atoms with van der Waals surface area (Å²) in [4.78, 5) is 22.1. The first-order chi connectivity index (χ1) is 11.3. The lowest BCUT2D eigenvalue weighted by atomic mass is 10.2. The van der Waals surface area contributed by atoms with Crippen LogP contribution in [0.2, 0.25) is 0 Å². The molecule has 0 radical (unpaired) electrons. The van der Waals surface area contributed by atoms with E-state index in [2.05, 4.69) is 15.3 Å². The molecule has 0 bridgehead atoms. The number of anilines is 1. The molecule has 5 nitrogen and oxygen atoms in total. The maximum atomic E-state index is 12.5. The van der Waals surface area contributed by atoms with E-state index in [9.17, 15) is 4.79 Å². The van der Waals surface area contributed by atoms with Gasteiger partial charge < -0.3 is 5.32 Å². The van der Waals surface area contributed by atoms with E-state index >= 15 is 0 Å². The lowest BCUT2D eigenvalue weighted by Crippen LogP contribution is -2.13. The van der Waals surface area contributed by atoms with Crippen molar-refractivity contribution < 1.29 is 4.79 Å². The molecule has 4 aromatic rings. The molecule has 0 aliphatic carbocycles. The number of imidazole rings is 1. The number of amides is 1. The maximum absolute atomic E-state index is 12.5. The number of aromatic nitrogens is 3. The van der Waals surface area contributed by atoms with Crippen LogP contribution in [0.1, 0.15) is 10.4 Å². The monoisotopic (exact) mass is 320 g/mol. The lowest BCUT2D eigenvalue weighted by Gasteiger charge is -2.06. The summed E-state index contributed by atoms with van der Waals surface area (Å²) in [7, 11) is 0. The van der Waals surface area contributed by atoms with E-state index < -0.39 is 0 Å². The van der Waals surface area contributed by atoms with E-state index in [1.165, 1.54) is 0 Å². The van der Waals surface area contributed by atoms with Crippen LogP contribution >= 0.6 is 11.3 Å². The Hall–Kier alpha value is -2.99. The summed E-state index contributed by atoms with van der Waals surface area (Å²) < 4.78 is 1.88. The van der Waals surface area contributed by atoms with Crippen LogP contribution in [0.25, 0.3) is 16.2 Å². The fourth-order valence-corrected chi connectivity index (χ4v) is 3.10. The summed E-state index contributed by atoms with van der Waals surface area (Å²) in [6.45, 7) is 0. The fourth-order valence-electron chi connectivity index (χ4n) is 2.38. The number of fused-ring (bicyclic) bond motifs is 1. The molecule has 0 saturated carbocycles. The van der Waals surface area contributed by atoms with Gasteiger partial charge in [-0.25, -0.2) is 4.98 Å². The standard InChI is InChI=1S/C17H12N4OS/c22-17(12-6-8-18-9-7-12)20-16-15(13-4-3-11-23-13)19-14-5-1-2-10-21(14)16/h1-11H,(H,20,22). The van der Waals surface area contributed by atoms with Gasteiger partial charge in [-0.2, -0.15) is 0 Å². The van der Waals surface area contributed by atoms with Crippen LogP contribution in [0, 0.1) is 0 Å². The maximum Gasteiger partial charge on any atom is 0.256 e. The second-order valence-corrected chi connectivity index (χ2v) is 5.85. The molecule has 23 heavy (non-hydrogen) atoms. The molecule has 0 unspecified atom stereocenters. The van der Waals surface area contributed by atoms with Crippen molar-refractivity contribution in [3.63, 3.8) is 0 Å². The highest BCUT2D eigenvalue weighted by molar-refractivity contribution is 7.13. The molecule has 112 valence electrons. The van der Waals surface area contributed by atoms with Crippen molar-refractivity contribution in [2.75, 3.05) is 5.32 Å². The Morgan fingerprint density at radius 2 is 1.96 bits per heavy atom. The van der Waals surface area contributed by atoms with E-state index in [1.54, 1.807) is 35.9 Å². The third-order valence-electron chi connectivity index (χ3n) is 3.46. The van der Waals surface area contributed by atoms with Crippen LogP contribution in [0.3, 0.4) is 0 Å². The first kappa shape index (κ1) is 13.7. The van der Waals surface area contributed by atoms with Gasteiger partial charge in [0.1, 0.15) is 17.2 Å². The smallest absolute Gasteiger partial charge is 0.256 e. The molecule has 1 N–H and O–H groups in total. The number of nitrogens with zero attached hydrogens (tertiary/aromatic N) is 3. The Kier molecular flexibility index (Phi) is 3.36. The van der Waals surface area contributed by atoms with Crippen LogP contribution in [0.5, 0.6) is 0 Å². The van der Waals surface area contributed by atoms with E-state index in [-0.39, 0.29) is 5.91 Å². The van der Waals surface area contributed by atoms with Crippen LogP contribution in [0.4, 0.5) is 5.82 Å². The number of hydrogen-bond acceptors (Lipinski definition) is 4. The van der Waals surface area contributed by atoms with Crippen molar-refractivity contribution in [2.45, 2.75) is 0 Å². The Morgan fingerprint density at radius 3 is 2.74 bits per heavy atom. The molecule has 0 aromatic carbocycles. The van der Waals surface area contributed by atoms with Crippen molar-refractivity contribution in [1.29, 1.82) is 0 Å². The Bertz CT molecular complexity index is 961. The normalized spacial score (nSPS) is 10.8. The van der Waals surface area contributed by atoms with Crippen LogP contribution in [-0.4, -0.2) is 20.3 Å². The zero-order valence-corrected chi connectivity index (χ0v) is 12.8. The van der Waals surface area contributed by atoms with Gasteiger partial charge in [0.05, 0.1) is 4.88 Å². The van der Waals surface area contributed by atoms with Crippen molar-refractivity contribution in [3.8, 4) is 10.6 Å². The Morgan fingerprint density at radius 1 is 1.09 bits per heavy atom. The Labute approximate surface area is 136 Å². The highest BCUT2D eigenvalue weighted by atomic mass is 32.1. The molecule has 4 heterocycles. The minimum Gasteiger partial charge on any atom is -0.306 e. The average Bonchev–Trinajstić information content (AvgIpc) is 3.24. The second-order valence-electron chi connectivity index (χ2n) is 4.91. The zero-order valence-electron chi connectivity index (χ0n) is 12.0. The summed E-state index contributed by atoms with van der Waals surface area (Å²) in [6, 6.07) is 13.1. The van der Waals surface area contributed by atoms with Gasteiger partial charge in [0, 0.05) is 24.2 Å². The van der Waals surface area contributed by atoms with Gasteiger partial charge in [0.2, 0.25) is 0 Å². The summed E-state index contributed by atoms with van der Waals surface area (Å²) in [5, 5.41) is 4.97. The number of carbonyl (C=O) groups excluding carboxylic acids is 1. The largest absolute Gasteiger partial charge is 0.306 e. The van der Waals surface area contributed by atoms with Gasteiger partial charge in [-0.15, -0.1) is 11.3 Å². The minimum absolute atomic E-state index is 0.184. The molecule has 0 saturated heterocycles. The van der Waals surface area contributed by atoms with E-state index in [1.807, 2.05) is 46.3 Å². The molecular formula is C17H12N4OS. The van der Waals surface area contributed by atoms with E-state index in [0.717, 1.165) is 16.2 Å². The molecule has 0 aliphatic rings. The predicted octanol–water partition coefficient (Wildman–Crippen LogP) is 3.71. The molecule has 0 atom stereocenters. The van der Waals surface area contributed by atoms with Gasteiger partial charge in [0.25, 0.3) is 5.91 Å².